The minimum atomic E-state index is -0.381. The first-order chi connectivity index (χ1) is 19.1. The molecule has 0 atom stereocenters. The Kier molecular flexibility index (Phi) is 8.34. The number of aromatic nitrogens is 1. The van der Waals surface area contributed by atoms with E-state index in [1.165, 1.54) is 7.11 Å². The van der Waals surface area contributed by atoms with Crippen molar-refractivity contribution in [2.24, 2.45) is 0 Å². The fraction of sp³-hybridized carbons (Fsp3) is 0.250. The standard InChI is InChI=1S/C32H32N4O4/c1-20-11-12-25(35-30(37)27-16-24(32(2,3)4)13-23(18-33)29(27)39-5)14-22(20)15-26-17-28(40-36-26)31(38)34-19-21-9-7-6-8-10-21/h6-14,16-17H,15,19H2,1-5H3,(H,34,38)(H,35,37). The van der Waals surface area contributed by atoms with Gasteiger partial charge in [0.05, 0.1) is 23.9 Å². The summed E-state index contributed by atoms with van der Waals surface area (Å²) < 4.78 is 10.7. The summed E-state index contributed by atoms with van der Waals surface area (Å²) in [5, 5.41) is 19.5. The van der Waals surface area contributed by atoms with Gasteiger partial charge in [-0.15, -0.1) is 0 Å². The average molecular weight is 537 g/mol. The van der Waals surface area contributed by atoms with E-state index in [0.29, 0.717) is 29.9 Å². The molecular formula is C32H32N4O4. The Balaban J connectivity index is 1.50. The smallest absolute Gasteiger partial charge is 0.290 e. The third-order valence-corrected chi connectivity index (χ3v) is 6.58. The third kappa shape index (κ3) is 6.56. The Morgan fingerprint density at radius 2 is 1.77 bits per heavy atom. The lowest BCUT2D eigenvalue weighted by Gasteiger charge is -2.22. The van der Waals surface area contributed by atoms with Crippen molar-refractivity contribution >= 4 is 17.5 Å². The molecule has 1 aromatic heterocycles. The van der Waals surface area contributed by atoms with Crippen LogP contribution in [0.2, 0.25) is 0 Å². The van der Waals surface area contributed by atoms with Crippen molar-refractivity contribution in [3.63, 3.8) is 0 Å². The van der Waals surface area contributed by atoms with Crippen molar-refractivity contribution < 1.29 is 18.8 Å². The molecule has 2 N–H and O–H groups in total. The number of carbonyl (C=O) groups is 2. The largest absolute Gasteiger partial charge is 0.495 e. The van der Waals surface area contributed by atoms with Crippen molar-refractivity contribution in [3.05, 3.63) is 112 Å². The molecular weight excluding hydrogens is 504 g/mol. The van der Waals surface area contributed by atoms with Crippen LogP contribution in [0, 0.1) is 18.3 Å². The first-order valence-electron chi connectivity index (χ1n) is 12.9. The Labute approximate surface area is 234 Å². The number of amides is 2. The molecule has 0 saturated carbocycles. The van der Waals surface area contributed by atoms with Gasteiger partial charge in [0.25, 0.3) is 11.8 Å². The second kappa shape index (κ2) is 11.9. The molecule has 0 unspecified atom stereocenters. The van der Waals surface area contributed by atoms with Gasteiger partial charge in [-0.1, -0.05) is 62.3 Å². The average Bonchev–Trinajstić information content (AvgIpc) is 3.41. The van der Waals surface area contributed by atoms with Gasteiger partial charge in [-0.25, -0.2) is 0 Å². The molecule has 1 heterocycles. The van der Waals surface area contributed by atoms with Crippen LogP contribution in [0.1, 0.15) is 75.2 Å². The lowest BCUT2D eigenvalue weighted by molar-refractivity contribution is 0.0913. The summed E-state index contributed by atoms with van der Waals surface area (Å²) in [5.41, 5.74) is 5.25. The van der Waals surface area contributed by atoms with E-state index in [9.17, 15) is 14.9 Å². The number of benzene rings is 3. The first-order valence-corrected chi connectivity index (χ1v) is 12.9. The van der Waals surface area contributed by atoms with E-state index in [4.69, 9.17) is 9.26 Å². The summed E-state index contributed by atoms with van der Waals surface area (Å²) in [5.74, 6) is -0.357. The molecule has 8 nitrogen and oxygen atoms in total. The summed E-state index contributed by atoms with van der Waals surface area (Å²) in [6, 6.07) is 22.5. The molecule has 0 radical (unpaired) electrons. The summed E-state index contributed by atoms with van der Waals surface area (Å²) in [4.78, 5) is 25.9. The molecule has 0 fully saturated rings. The van der Waals surface area contributed by atoms with Gasteiger partial charge in [0.1, 0.15) is 11.8 Å². The van der Waals surface area contributed by atoms with Gasteiger partial charge < -0.3 is 19.9 Å². The quantitative estimate of drug-likeness (QED) is 0.288. The van der Waals surface area contributed by atoms with Crippen molar-refractivity contribution in [1.82, 2.24) is 10.5 Å². The molecule has 0 bridgehead atoms. The zero-order chi connectivity index (χ0) is 28.9. The first kappa shape index (κ1) is 28.1. The van der Waals surface area contributed by atoms with E-state index in [1.807, 2.05) is 76.2 Å². The minimum absolute atomic E-state index is 0.132. The SMILES string of the molecule is COc1c(C#N)cc(C(C)(C)C)cc1C(=O)Nc1ccc(C)c(Cc2cc(C(=O)NCc3ccccc3)on2)c1. The minimum Gasteiger partial charge on any atom is -0.495 e. The highest BCUT2D eigenvalue weighted by molar-refractivity contribution is 6.07. The van der Waals surface area contributed by atoms with Gasteiger partial charge in [-0.05, 0) is 58.9 Å². The number of aryl methyl sites for hydroxylation is 1. The molecule has 8 heteroatoms. The maximum atomic E-state index is 13.4. The second-order valence-corrected chi connectivity index (χ2v) is 10.6. The molecule has 0 aliphatic carbocycles. The van der Waals surface area contributed by atoms with Crippen molar-refractivity contribution in [3.8, 4) is 11.8 Å². The van der Waals surface area contributed by atoms with Crippen LogP contribution in [0.15, 0.2) is 71.3 Å². The van der Waals surface area contributed by atoms with Crippen LogP contribution in [-0.4, -0.2) is 24.1 Å². The van der Waals surface area contributed by atoms with Crippen LogP contribution in [0.5, 0.6) is 5.75 Å². The number of nitrogens with zero attached hydrogens (tertiary/aromatic N) is 2. The summed E-state index contributed by atoms with van der Waals surface area (Å²) >= 11 is 0. The highest BCUT2D eigenvalue weighted by Gasteiger charge is 2.23. The zero-order valence-electron chi connectivity index (χ0n) is 23.3. The Hall–Kier alpha value is -4.90. The number of hydrogen-bond acceptors (Lipinski definition) is 6. The van der Waals surface area contributed by atoms with Crippen molar-refractivity contribution in [2.75, 3.05) is 12.4 Å². The molecule has 0 aliphatic heterocycles. The lowest BCUT2D eigenvalue weighted by Crippen LogP contribution is -2.22. The van der Waals surface area contributed by atoms with Crippen LogP contribution < -0.4 is 15.4 Å². The summed E-state index contributed by atoms with van der Waals surface area (Å²) in [6.07, 6.45) is 0.409. The number of nitrogens with one attached hydrogen (secondary N) is 2. The maximum Gasteiger partial charge on any atom is 0.290 e. The Morgan fingerprint density at radius 1 is 1.02 bits per heavy atom. The van der Waals surface area contributed by atoms with Crippen LogP contribution in [-0.2, 0) is 18.4 Å². The summed E-state index contributed by atoms with van der Waals surface area (Å²) in [6.45, 7) is 8.41. The molecule has 0 spiro atoms. The Morgan fingerprint density at radius 3 is 2.45 bits per heavy atom. The van der Waals surface area contributed by atoms with Crippen LogP contribution in [0.3, 0.4) is 0 Å². The molecule has 40 heavy (non-hydrogen) atoms. The summed E-state index contributed by atoms with van der Waals surface area (Å²) in [7, 11) is 1.45. The maximum absolute atomic E-state index is 13.4. The van der Waals surface area contributed by atoms with Crippen molar-refractivity contribution in [2.45, 2.75) is 46.1 Å². The fourth-order valence-corrected chi connectivity index (χ4v) is 4.23. The highest BCUT2D eigenvalue weighted by atomic mass is 16.5. The number of hydrogen-bond donors (Lipinski definition) is 2. The molecule has 4 aromatic rings. The van der Waals surface area contributed by atoms with E-state index in [2.05, 4.69) is 21.9 Å². The normalized spacial score (nSPS) is 11.0. The predicted molar refractivity (Wildman–Crippen MR) is 152 cm³/mol. The van der Waals surface area contributed by atoms with E-state index < -0.39 is 0 Å². The highest BCUT2D eigenvalue weighted by Crippen LogP contribution is 2.32. The lowest BCUT2D eigenvalue weighted by atomic mass is 9.84. The van der Waals surface area contributed by atoms with Gasteiger partial charge in [0, 0.05) is 24.7 Å². The topological polar surface area (TPSA) is 117 Å². The van der Waals surface area contributed by atoms with E-state index >= 15 is 0 Å². The van der Waals surface area contributed by atoms with Crippen LogP contribution in [0.4, 0.5) is 5.69 Å². The number of ether oxygens (including phenoxy) is 1. The van der Waals surface area contributed by atoms with E-state index in [1.54, 1.807) is 18.2 Å². The van der Waals surface area contributed by atoms with Gasteiger partial charge in [0.15, 0.2) is 0 Å². The molecule has 3 aromatic carbocycles. The van der Waals surface area contributed by atoms with Gasteiger partial charge in [0.2, 0.25) is 5.76 Å². The molecule has 2 amide bonds. The molecule has 4 rings (SSSR count). The van der Waals surface area contributed by atoms with Crippen LogP contribution in [0.25, 0.3) is 0 Å². The molecule has 0 saturated heterocycles. The van der Waals surface area contributed by atoms with Gasteiger partial charge in [-0.2, -0.15) is 5.26 Å². The molecule has 204 valence electrons. The predicted octanol–water partition coefficient (Wildman–Crippen LogP) is 5.93. The number of rotatable bonds is 8. The zero-order valence-corrected chi connectivity index (χ0v) is 23.3. The Bertz CT molecular complexity index is 1580. The monoisotopic (exact) mass is 536 g/mol. The third-order valence-electron chi connectivity index (χ3n) is 6.58. The van der Waals surface area contributed by atoms with E-state index in [-0.39, 0.29) is 34.3 Å². The van der Waals surface area contributed by atoms with Gasteiger partial charge in [-0.3, -0.25) is 9.59 Å². The fourth-order valence-electron chi connectivity index (χ4n) is 4.23. The van der Waals surface area contributed by atoms with Crippen molar-refractivity contribution in [1.29, 1.82) is 5.26 Å². The molecule has 0 aliphatic rings. The van der Waals surface area contributed by atoms with Gasteiger partial charge >= 0.3 is 0 Å². The number of carbonyl (C=O) groups excluding carboxylic acids is 2. The van der Waals surface area contributed by atoms with Crippen LogP contribution >= 0.6 is 0 Å². The van der Waals surface area contributed by atoms with E-state index in [0.717, 1.165) is 22.3 Å². The number of nitriles is 1. The second-order valence-electron chi connectivity index (χ2n) is 10.6. The number of methoxy groups -OCH3 is 1. The number of anilines is 1.